The van der Waals surface area contributed by atoms with E-state index in [1.807, 2.05) is 18.2 Å². The summed E-state index contributed by atoms with van der Waals surface area (Å²) in [6.45, 7) is 3.49. The molecule has 0 aliphatic carbocycles. The number of allylic oxidation sites excluding steroid dienone is 12. The molecule has 7 unspecified atom stereocenters. The molecule has 0 aromatic heterocycles. The first-order valence-corrected chi connectivity index (χ1v) is 17.8. The van der Waals surface area contributed by atoms with Gasteiger partial charge in [0.15, 0.2) is 6.29 Å². The molecule has 0 spiro atoms. The molecule has 1 aliphatic rings. The Labute approximate surface area is 289 Å². The van der Waals surface area contributed by atoms with E-state index in [4.69, 9.17) is 9.47 Å². The quantitative estimate of drug-likeness (QED) is 0.0510. The molecule has 48 heavy (non-hydrogen) atoms. The molecule has 272 valence electrons. The average Bonchev–Trinajstić information content (AvgIpc) is 3.08. The highest BCUT2D eigenvalue weighted by atomic mass is 16.7. The number of nitrogens with one attached hydrogen (secondary N) is 1. The van der Waals surface area contributed by atoms with Gasteiger partial charge < -0.3 is 40.3 Å². The minimum Gasteiger partial charge on any atom is -0.394 e. The number of aliphatic hydroxyl groups is 5. The maximum absolute atomic E-state index is 12.8. The van der Waals surface area contributed by atoms with E-state index in [9.17, 15) is 30.3 Å². The van der Waals surface area contributed by atoms with E-state index in [2.05, 4.69) is 73.8 Å². The lowest BCUT2D eigenvalue weighted by molar-refractivity contribution is -0.302. The first-order chi connectivity index (χ1) is 23.3. The van der Waals surface area contributed by atoms with Crippen LogP contribution >= 0.6 is 0 Å². The molecule has 0 aromatic carbocycles. The number of carbonyl (C=O) groups is 1. The highest BCUT2D eigenvalue weighted by Crippen LogP contribution is 2.22. The fourth-order valence-electron chi connectivity index (χ4n) is 4.82. The molecule has 9 heteroatoms. The second kappa shape index (κ2) is 29.3. The van der Waals surface area contributed by atoms with Gasteiger partial charge in [-0.05, 0) is 57.8 Å². The Morgan fingerprint density at radius 3 is 1.92 bits per heavy atom. The lowest BCUT2D eigenvalue weighted by atomic mass is 9.99. The minimum atomic E-state index is -1.59. The molecule has 1 saturated heterocycles. The predicted molar refractivity (Wildman–Crippen MR) is 193 cm³/mol. The van der Waals surface area contributed by atoms with E-state index >= 15 is 0 Å². The van der Waals surface area contributed by atoms with Gasteiger partial charge in [-0.1, -0.05) is 118 Å². The van der Waals surface area contributed by atoms with Crippen LogP contribution in [0.4, 0.5) is 0 Å². The van der Waals surface area contributed by atoms with Crippen molar-refractivity contribution in [3.63, 3.8) is 0 Å². The van der Waals surface area contributed by atoms with Gasteiger partial charge in [0.1, 0.15) is 24.4 Å². The lowest BCUT2D eigenvalue weighted by Crippen LogP contribution is -2.60. The number of ether oxygens (including phenoxy) is 2. The Morgan fingerprint density at radius 2 is 1.31 bits per heavy atom. The summed E-state index contributed by atoms with van der Waals surface area (Å²) in [5.74, 6) is -0.322. The standard InChI is InChI=1S/C39H63NO8/c1-3-5-7-9-11-13-15-16-17-18-19-21-23-25-27-29-35(43)40-32(31-47-39-38(46)37(45)36(44)34(30-41)48-39)33(42)28-26-24-22-20-14-12-10-8-6-4-2/h5,7,11,13-14,16-17,19-21,25-28,32-34,36-39,41-42,44-46H,3-4,6,8-10,12,15,18,22-24,29-31H2,1-2H3,(H,40,43)/b7-5-,13-11-,17-16-,20-14+,21-19-,27-25-,28-26+. The normalized spacial score (nSPS) is 23.7. The van der Waals surface area contributed by atoms with Crippen molar-refractivity contribution in [2.45, 2.75) is 140 Å². The lowest BCUT2D eigenvalue weighted by Gasteiger charge is -2.40. The van der Waals surface area contributed by atoms with Gasteiger partial charge in [0.25, 0.3) is 0 Å². The summed E-state index contributed by atoms with van der Waals surface area (Å²) >= 11 is 0. The molecule has 0 bridgehead atoms. The van der Waals surface area contributed by atoms with Crippen LogP contribution in [-0.2, 0) is 14.3 Å². The molecule has 1 rings (SSSR count). The van der Waals surface area contributed by atoms with Gasteiger partial charge >= 0.3 is 0 Å². The highest BCUT2D eigenvalue weighted by Gasteiger charge is 2.44. The molecular formula is C39H63NO8. The molecule has 1 aliphatic heterocycles. The van der Waals surface area contributed by atoms with Crippen LogP contribution in [-0.4, -0.2) is 87.5 Å². The zero-order chi connectivity index (χ0) is 35.2. The van der Waals surface area contributed by atoms with Crippen molar-refractivity contribution in [1.29, 1.82) is 0 Å². The Morgan fingerprint density at radius 1 is 0.729 bits per heavy atom. The first kappa shape index (κ1) is 43.4. The number of hydrogen-bond acceptors (Lipinski definition) is 8. The molecule has 9 nitrogen and oxygen atoms in total. The van der Waals surface area contributed by atoms with Crippen LogP contribution in [0.1, 0.15) is 97.3 Å². The van der Waals surface area contributed by atoms with Crippen molar-refractivity contribution in [1.82, 2.24) is 5.32 Å². The third-order valence-corrected chi connectivity index (χ3v) is 7.73. The Balaban J connectivity index is 2.60. The number of amides is 1. The molecule has 0 radical (unpaired) electrons. The van der Waals surface area contributed by atoms with Gasteiger partial charge in [0.05, 0.1) is 25.4 Å². The van der Waals surface area contributed by atoms with Gasteiger partial charge in [0.2, 0.25) is 5.91 Å². The molecule has 1 fully saturated rings. The van der Waals surface area contributed by atoms with Crippen LogP contribution < -0.4 is 5.32 Å². The number of carbonyl (C=O) groups excluding carboxylic acids is 1. The monoisotopic (exact) mass is 673 g/mol. The van der Waals surface area contributed by atoms with E-state index < -0.39 is 49.5 Å². The van der Waals surface area contributed by atoms with Crippen molar-refractivity contribution in [2.75, 3.05) is 13.2 Å². The highest BCUT2D eigenvalue weighted by molar-refractivity contribution is 5.77. The summed E-state index contributed by atoms with van der Waals surface area (Å²) in [7, 11) is 0. The number of hydrogen-bond donors (Lipinski definition) is 6. The van der Waals surface area contributed by atoms with Crippen molar-refractivity contribution in [3.8, 4) is 0 Å². The van der Waals surface area contributed by atoms with E-state index in [-0.39, 0.29) is 18.9 Å². The maximum atomic E-state index is 12.8. The SMILES string of the molecule is CC/C=C\C/C=C\C/C=C\C/C=C\C/C=C\CC(=O)NC(COC1OC(CO)C(O)C(O)C1O)C(O)/C=C/CC/C=C/CCCCCC. The zero-order valence-electron chi connectivity index (χ0n) is 29.2. The summed E-state index contributed by atoms with van der Waals surface area (Å²) < 4.78 is 11.1. The Bertz CT molecular complexity index is 1020. The molecular weight excluding hydrogens is 610 g/mol. The summed E-state index contributed by atoms with van der Waals surface area (Å²) in [4.78, 5) is 12.8. The maximum Gasteiger partial charge on any atom is 0.224 e. The minimum absolute atomic E-state index is 0.101. The summed E-state index contributed by atoms with van der Waals surface area (Å²) in [5, 5.41) is 53.6. The molecule has 7 atom stereocenters. The van der Waals surface area contributed by atoms with Gasteiger partial charge in [-0.3, -0.25) is 4.79 Å². The number of unbranched alkanes of at least 4 members (excludes halogenated alkanes) is 5. The van der Waals surface area contributed by atoms with Crippen molar-refractivity contribution >= 4 is 5.91 Å². The summed E-state index contributed by atoms with van der Waals surface area (Å²) in [5.41, 5.74) is 0. The van der Waals surface area contributed by atoms with E-state index in [1.54, 1.807) is 12.2 Å². The van der Waals surface area contributed by atoms with Crippen LogP contribution in [0.15, 0.2) is 85.1 Å². The third kappa shape index (κ3) is 20.7. The van der Waals surface area contributed by atoms with E-state index in [0.29, 0.717) is 6.42 Å². The molecule has 6 N–H and O–H groups in total. The second-order valence-corrected chi connectivity index (χ2v) is 11.9. The van der Waals surface area contributed by atoms with Crippen LogP contribution in [0.25, 0.3) is 0 Å². The van der Waals surface area contributed by atoms with E-state index in [1.165, 1.54) is 25.7 Å². The first-order valence-electron chi connectivity index (χ1n) is 17.8. The average molecular weight is 674 g/mol. The van der Waals surface area contributed by atoms with Gasteiger partial charge in [-0.15, -0.1) is 0 Å². The Hall–Kier alpha value is -2.63. The molecule has 1 heterocycles. The zero-order valence-corrected chi connectivity index (χ0v) is 29.2. The Kier molecular flexibility index (Phi) is 26.5. The number of aliphatic hydroxyl groups excluding tert-OH is 5. The van der Waals surface area contributed by atoms with Crippen LogP contribution in [0.3, 0.4) is 0 Å². The molecule has 0 aromatic rings. The summed E-state index contributed by atoms with van der Waals surface area (Å²) in [6, 6.07) is -0.877. The van der Waals surface area contributed by atoms with Crippen molar-refractivity contribution in [3.05, 3.63) is 85.1 Å². The second-order valence-electron chi connectivity index (χ2n) is 11.9. The van der Waals surface area contributed by atoms with Crippen molar-refractivity contribution in [2.24, 2.45) is 0 Å². The summed E-state index contributed by atoms with van der Waals surface area (Å²) in [6.07, 6.45) is 32.3. The van der Waals surface area contributed by atoms with Gasteiger partial charge in [-0.25, -0.2) is 0 Å². The number of rotatable bonds is 26. The van der Waals surface area contributed by atoms with E-state index in [0.717, 1.165) is 44.9 Å². The van der Waals surface area contributed by atoms with Gasteiger partial charge in [-0.2, -0.15) is 0 Å². The fourth-order valence-corrected chi connectivity index (χ4v) is 4.82. The third-order valence-electron chi connectivity index (χ3n) is 7.73. The topological polar surface area (TPSA) is 149 Å². The predicted octanol–water partition coefficient (Wildman–Crippen LogP) is 5.65. The molecule has 0 saturated carbocycles. The largest absolute Gasteiger partial charge is 0.394 e. The van der Waals surface area contributed by atoms with Crippen LogP contribution in [0.5, 0.6) is 0 Å². The van der Waals surface area contributed by atoms with Crippen LogP contribution in [0, 0.1) is 0 Å². The van der Waals surface area contributed by atoms with Gasteiger partial charge in [0, 0.05) is 6.42 Å². The fraction of sp³-hybridized carbons (Fsp3) is 0.615. The smallest absolute Gasteiger partial charge is 0.224 e. The van der Waals surface area contributed by atoms with Crippen LogP contribution in [0.2, 0.25) is 0 Å². The van der Waals surface area contributed by atoms with Crippen molar-refractivity contribution < 1.29 is 39.8 Å². The molecule has 1 amide bonds.